The third-order valence-corrected chi connectivity index (χ3v) is 4.84. The zero-order chi connectivity index (χ0) is 16.1. The quantitative estimate of drug-likeness (QED) is 0.877. The van der Waals surface area contributed by atoms with Crippen LogP contribution in [0.4, 0.5) is 0 Å². The van der Waals surface area contributed by atoms with Gasteiger partial charge in [-0.15, -0.1) is 0 Å². The van der Waals surface area contributed by atoms with Gasteiger partial charge in [0.05, 0.1) is 6.42 Å². The number of ketones is 1. The van der Waals surface area contributed by atoms with E-state index < -0.39 is 11.6 Å². The van der Waals surface area contributed by atoms with E-state index in [1.807, 2.05) is 13.8 Å². The van der Waals surface area contributed by atoms with Gasteiger partial charge >= 0.3 is 5.97 Å². The Bertz CT molecular complexity index is 647. The number of carbonyl (C=O) groups excluding carboxylic acids is 1. The fourth-order valence-corrected chi connectivity index (χ4v) is 3.90. The Morgan fingerprint density at radius 3 is 2.82 bits per heavy atom. The molecule has 1 aliphatic carbocycles. The fraction of sp³-hybridized carbons (Fsp3) is 0.529. The highest BCUT2D eigenvalue weighted by Gasteiger charge is 2.47. The second-order valence-corrected chi connectivity index (χ2v) is 6.80. The van der Waals surface area contributed by atoms with Crippen LogP contribution in [-0.2, 0) is 16.0 Å². The van der Waals surface area contributed by atoms with E-state index in [2.05, 4.69) is 0 Å². The van der Waals surface area contributed by atoms with Crippen LogP contribution in [0.1, 0.15) is 50.2 Å². The molecule has 0 bridgehead atoms. The van der Waals surface area contributed by atoms with E-state index in [4.69, 9.17) is 9.84 Å². The summed E-state index contributed by atoms with van der Waals surface area (Å²) in [5, 5.41) is 19.3. The lowest BCUT2D eigenvalue weighted by molar-refractivity contribution is -0.136. The summed E-state index contributed by atoms with van der Waals surface area (Å²) in [6, 6.07) is 3.16. The molecule has 0 radical (unpaired) electrons. The van der Waals surface area contributed by atoms with Gasteiger partial charge in [-0.2, -0.15) is 0 Å². The number of aromatic hydroxyl groups is 1. The monoisotopic (exact) mass is 304 g/mol. The molecule has 1 unspecified atom stereocenters. The van der Waals surface area contributed by atoms with Crippen LogP contribution in [0.2, 0.25) is 0 Å². The number of carboxylic acid groups (broad SMARTS) is 1. The third kappa shape index (κ3) is 2.45. The summed E-state index contributed by atoms with van der Waals surface area (Å²) in [4.78, 5) is 22.7. The molecule has 0 spiro atoms. The van der Waals surface area contributed by atoms with Crippen molar-refractivity contribution in [3.63, 3.8) is 0 Å². The normalized spacial score (nSPS) is 25.8. The second-order valence-electron chi connectivity index (χ2n) is 6.80. The Balaban J connectivity index is 2.08. The summed E-state index contributed by atoms with van der Waals surface area (Å²) in [6.45, 7) is 3.98. The Hall–Kier alpha value is -2.04. The van der Waals surface area contributed by atoms with Crippen molar-refractivity contribution in [3.8, 4) is 11.5 Å². The standard InChI is InChI=1S/C17H20O5/c1-17(2)12-4-3-10(18)8-11(12)16-13(19)5-9(7-15(20)21)6-14(16)22-17/h5-6,11-12,19H,3-4,7-8H2,1-2H3,(H,20,21)/t11-,12?/m1/s1. The highest BCUT2D eigenvalue weighted by Crippen LogP contribution is 2.53. The van der Waals surface area contributed by atoms with E-state index in [-0.39, 0.29) is 29.8 Å². The Labute approximate surface area is 128 Å². The molecule has 2 atom stereocenters. The molecule has 118 valence electrons. The van der Waals surface area contributed by atoms with E-state index in [0.29, 0.717) is 29.7 Å². The van der Waals surface area contributed by atoms with Crippen LogP contribution in [0.15, 0.2) is 12.1 Å². The summed E-state index contributed by atoms with van der Waals surface area (Å²) in [5.41, 5.74) is 0.721. The maximum Gasteiger partial charge on any atom is 0.307 e. The Kier molecular flexibility index (Phi) is 3.38. The van der Waals surface area contributed by atoms with E-state index in [9.17, 15) is 14.7 Å². The average Bonchev–Trinajstić information content (AvgIpc) is 2.35. The maximum absolute atomic E-state index is 11.9. The van der Waals surface area contributed by atoms with Gasteiger partial charge in [-0.25, -0.2) is 0 Å². The van der Waals surface area contributed by atoms with Gasteiger partial charge in [-0.3, -0.25) is 9.59 Å². The number of benzene rings is 1. The number of phenols is 1. The Morgan fingerprint density at radius 2 is 2.14 bits per heavy atom. The molecule has 5 heteroatoms. The molecule has 5 nitrogen and oxygen atoms in total. The smallest absolute Gasteiger partial charge is 0.307 e. The predicted octanol–water partition coefficient (Wildman–Crippen LogP) is 2.64. The van der Waals surface area contributed by atoms with Crippen LogP contribution >= 0.6 is 0 Å². The first-order valence-electron chi connectivity index (χ1n) is 7.56. The lowest BCUT2D eigenvalue weighted by atomic mass is 9.66. The van der Waals surface area contributed by atoms with Gasteiger partial charge in [-0.1, -0.05) is 0 Å². The van der Waals surface area contributed by atoms with Crippen molar-refractivity contribution >= 4 is 11.8 Å². The number of ether oxygens (including phenoxy) is 1. The lowest BCUT2D eigenvalue weighted by Gasteiger charge is -2.47. The highest BCUT2D eigenvalue weighted by molar-refractivity contribution is 5.81. The predicted molar refractivity (Wildman–Crippen MR) is 79.2 cm³/mol. The van der Waals surface area contributed by atoms with Gasteiger partial charge in [0, 0.05) is 30.2 Å². The van der Waals surface area contributed by atoms with Crippen molar-refractivity contribution in [1.29, 1.82) is 0 Å². The van der Waals surface area contributed by atoms with Crippen molar-refractivity contribution in [2.75, 3.05) is 0 Å². The summed E-state index contributed by atoms with van der Waals surface area (Å²) in [5.74, 6) is -0.0852. The SMILES string of the molecule is CC1(C)Oc2cc(CC(=O)O)cc(O)c2[C@@H]2CC(=O)CCC21. The van der Waals surface area contributed by atoms with Crippen molar-refractivity contribution in [2.24, 2.45) is 5.92 Å². The number of fused-ring (bicyclic) bond motifs is 3. The number of aliphatic carboxylic acids is 1. The third-order valence-electron chi connectivity index (χ3n) is 4.84. The second kappa shape index (κ2) is 5.00. The van der Waals surface area contributed by atoms with E-state index >= 15 is 0 Å². The van der Waals surface area contributed by atoms with Gasteiger partial charge in [0.2, 0.25) is 0 Å². The maximum atomic E-state index is 11.9. The summed E-state index contributed by atoms with van der Waals surface area (Å²) in [6.07, 6.45) is 1.56. The molecule has 1 saturated carbocycles. The minimum Gasteiger partial charge on any atom is -0.508 e. The molecule has 1 aliphatic heterocycles. The minimum atomic E-state index is -0.958. The van der Waals surface area contributed by atoms with Crippen molar-refractivity contribution in [1.82, 2.24) is 0 Å². The zero-order valence-corrected chi connectivity index (χ0v) is 12.8. The number of hydrogen-bond acceptors (Lipinski definition) is 4. The minimum absolute atomic E-state index is 0.0361. The van der Waals surface area contributed by atoms with E-state index in [1.54, 1.807) is 6.07 Å². The zero-order valence-electron chi connectivity index (χ0n) is 12.8. The first kappa shape index (κ1) is 14.9. The van der Waals surface area contributed by atoms with Crippen molar-refractivity contribution in [2.45, 2.75) is 51.0 Å². The van der Waals surface area contributed by atoms with Gasteiger partial charge in [0.25, 0.3) is 0 Å². The van der Waals surface area contributed by atoms with Gasteiger partial charge in [0.1, 0.15) is 22.9 Å². The van der Waals surface area contributed by atoms with Crippen LogP contribution in [0.25, 0.3) is 0 Å². The molecule has 3 rings (SSSR count). The highest BCUT2D eigenvalue weighted by atomic mass is 16.5. The molecule has 2 N–H and O–H groups in total. The summed E-state index contributed by atoms with van der Waals surface area (Å²) < 4.78 is 6.06. The molecule has 1 aromatic carbocycles. The number of rotatable bonds is 2. The van der Waals surface area contributed by atoms with Crippen LogP contribution in [0.3, 0.4) is 0 Å². The lowest BCUT2D eigenvalue weighted by Crippen LogP contribution is -2.47. The van der Waals surface area contributed by atoms with Gasteiger partial charge < -0.3 is 14.9 Å². The van der Waals surface area contributed by atoms with E-state index in [0.717, 1.165) is 6.42 Å². The van der Waals surface area contributed by atoms with Crippen LogP contribution in [0, 0.1) is 5.92 Å². The Morgan fingerprint density at radius 1 is 1.41 bits per heavy atom. The number of hydrogen-bond donors (Lipinski definition) is 2. The van der Waals surface area contributed by atoms with Crippen LogP contribution in [0.5, 0.6) is 11.5 Å². The first-order valence-corrected chi connectivity index (χ1v) is 7.56. The fourth-order valence-electron chi connectivity index (χ4n) is 3.90. The van der Waals surface area contributed by atoms with Crippen molar-refractivity contribution in [3.05, 3.63) is 23.3 Å². The molecule has 1 heterocycles. The molecule has 22 heavy (non-hydrogen) atoms. The first-order chi connectivity index (χ1) is 10.3. The number of Topliss-reactive ketones (excluding diaryl/α,β-unsaturated/α-hetero) is 1. The summed E-state index contributed by atoms with van der Waals surface area (Å²) >= 11 is 0. The van der Waals surface area contributed by atoms with Crippen LogP contribution < -0.4 is 4.74 Å². The number of phenolic OH excluding ortho intramolecular Hbond substituents is 1. The average molecular weight is 304 g/mol. The topological polar surface area (TPSA) is 83.8 Å². The van der Waals surface area contributed by atoms with Crippen LogP contribution in [-0.4, -0.2) is 27.6 Å². The molecular formula is C17H20O5. The molecule has 0 aromatic heterocycles. The number of carbonyl (C=O) groups is 2. The largest absolute Gasteiger partial charge is 0.508 e. The molecule has 0 amide bonds. The molecule has 1 fully saturated rings. The van der Waals surface area contributed by atoms with Crippen molar-refractivity contribution < 1.29 is 24.5 Å². The van der Waals surface area contributed by atoms with Gasteiger partial charge in [-0.05, 0) is 38.0 Å². The molecule has 2 aliphatic rings. The molecule has 1 aromatic rings. The molecular weight excluding hydrogens is 284 g/mol. The molecule has 0 saturated heterocycles. The van der Waals surface area contributed by atoms with E-state index in [1.165, 1.54) is 6.07 Å². The summed E-state index contributed by atoms with van der Waals surface area (Å²) in [7, 11) is 0. The number of carboxylic acids is 1. The van der Waals surface area contributed by atoms with Gasteiger partial charge in [0.15, 0.2) is 0 Å².